The molecule has 1 aromatic rings. The number of hydrogen-bond donors (Lipinski definition) is 1. The van der Waals surface area contributed by atoms with Gasteiger partial charge in [-0.25, -0.2) is 4.98 Å². The maximum absolute atomic E-state index is 4.50. The van der Waals surface area contributed by atoms with Crippen molar-refractivity contribution in [2.75, 3.05) is 11.9 Å². The molecule has 0 radical (unpaired) electrons. The summed E-state index contributed by atoms with van der Waals surface area (Å²) >= 11 is 0. The van der Waals surface area contributed by atoms with Crippen LogP contribution < -0.4 is 5.32 Å². The predicted molar refractivity (Wildman–Crippen MR) is 81.3 cm³/mol. The largest absolute Gasteiger partial charge is 0.370 e. The van der Waals surface area contributed by atoms with Gasteiger partial charge in [-0.1, -0.05) is 19.9 Å². The molecule has 1 aliphatic rings. The van der Waals surface area contributed by atoms with Gasteiger partial charge in [-0.05, 0) is 38.7 Å². The van der Waals surface area contributed by atoms with E-state index in [0.717, 1.165) is 31.4 Å². The van der Waals surface area contributed by atoms with Gasteiger partial charge in [-0.2, -0.15) is 0 Å². The lowest BCUT2D eigenvalue weighted by Gasteiger charge is -2.28. The van der Waals surface area contributed by atoms with Crippen LogP contribution >= 0.6 is 0 Å². The van der Waals surface area contributed by atoms with Crippen LogP contribution in [0.25, 0.3) is 0 Å². The molecule has 0 spiro atoms. The third-order valence-corrected chi connectivity index (χ3v) is 4.21. The van der Waals surface area contributed by atoms with Gasteiger partial charge in [0.25, 0.3) is 0 Å². The number of anilines is 1. The molecule has 3 heteroatoms. The Labute approximate surface area is 117 Å². The molecule has 0 aromatic carbocycles. The molecule has 0 saturated carbocycles. The van der Waals surface area contributed by atoms with Crippen LogP contribution in [0.15, 0.2) is 18.3 Å². The van der Waals surface area contributed by atoms with E-state index in [9.17, 15) is 0 Å². The summed E-state index contributed by atoms with van der Waals surface area (Å²) in [6.45, 7) is 8.86. The molecular formula is C16H27N3. The Kier molecular flexibility index (Phi) is 5.20. The molecule has 106 valence electrons. The Hall–Kier alpha value is -1.09. The van der Waals surface area contributed by atoms with Gasteiger partial charge in [0.2, 0.25) is 0 Å². The van der Waals surface area contributed by atoms with Crippen molar-refractivity contribution in [3.05, 3.63) is 23.9 Å². The second-order valence-corrected chi connectivity index (χ2v) is 5.60. The second kappa shape index (κ2) is 6.90. The minimum Gasteiger partial charge on any atom is -0.370 e. The molecule has 0 amide bonds. The summed E-state index contributed by atoms with van der Waals surface area (Å²) in [5, 5.41) is 3.45. The molecule has 2 heterocycles. The van der Waals surface area contributed by atoms with Gasteiger partial charge in [0.05, 0.1) is 0 Å². The van der Waals surface area contributed by atoms with E-state index in [-0.39, 0.29) is 0 Å². The molecule has 1 aromatic heterocycles. The standard InChI is InChI=1S/C16H27N3/c1-4-10-17-16-14(7-6-11-18-16)12-19-13(3)8-9-15(19)5-2/h6-7,11,13,15H,4-5,8-10,12H2,1-3H3,(H,17,18). The molecule has 0 aliphatic carbocycles. The van der Waals surface area contributed by atoms with Crippen molar-refractivity contribution in [1.82, 2.24) is 9.88 Å². The fourth-order valence-electron chi connectivity index (χ4n) is 3.01. The van der Waals surface area contributed by atoms with E-state index >= 15 is 0 Å². The molecule has 2 unspecified atom stereocenters. The van der Waals surface area contributed by atoms with Gasteiger partial charge in [0, 0.05) is 36.9 Å². The first kappa shape index (κ1) is 14.3. The zero-order valence-electron chi connectivity index (χ0n) is 12.5. The lowest BCUT2D eigenvalue weighted by atomic mass is 10.1. The highest BCUT2D eigenvalue weighted by molar-refractivity contribution is 5.43. The van der Waals surface area contributed by atoms with Crippen LogP contribution in [0.5, 0.6) is 0 Å². The Morgan fingerprint density at radius 1 is 1.37 bits per heavy atom. The Morgan fingerprint density at radius 3 is 2.95 bits per heavy atom. The molecule has 2 rings (SSSR count). The third-order valence-electron chi connectivity index (χ3n) is 4.21. The fraction of sp³-hybridized carbons (Fsp3) is 0.688. The minimum atomic E-state index is 0.698. The first-order valence-electron chi connectivity index (χ1n) is 7.69. The molecule has 1 aliphatic heterocycles. The highest BCUT2D eigenvalue weighted by Gasteiger charge is 2.29. The van der Waals surface area contributed by atoms with Crippen molar-refractivity contribution in [1.29, 1.82) is 0 Å². The SMILES string of the molecule is CCCNc1ncccc1CN1C(C)CCC1CC. The summed E-state index contributed by atoms with van der Waals surface area (Å²) in [6.07, 6.45) is 6.94. The zero-order valence-corrected chi connectivity index (χ0v) is 12.5. The number of nitrogens with one attached hydrogen (secondary N) is 1. The van der Waals surface area contributed by atoms with E-state index in [1.807, 2.05) is 12.3 Å². The molecule has 1 saturated heterocycles. The molecule has 2 atom stereocenters. The van der Waals surface area contributed by atoms with Crippen LogP contribution in [0.3, 0.4) is 0 Å². The van der Waals surface area contributed by atoms with Crippen LogP contribution in [0.2, 0.25) is 0 Å². The second-order valence-electron chi connectivity index (χ2n) is 5.60. The van der Waals surface area contributed by atoms with Crippen molar-refractivity contribution in [2.24, 2.45) is 0 Å². The smallest absolute Gasteiger partial charge is 0.130 e. The van der Waals surface area contributed by atoms with Crippen LogP contribution in [-0.4, -0.2) is 28.5 Å². The van der Waals surface area contributed by atoms with E-state index in [2.05, 4.69) is 42.0 Å². The first-order valence-corrected chi connectivity index (χ1v) is 7.69. The Balaban J connectivity index is 2.09. The minimum absolute atomic E-state index is 0.698. The molecule has 1 fully saturated rings. The van der Waals surface area contributed by atoms with E-state index in [0.29, 0.717) is 6.04 Å². The topological polar surface area (TPSA) is 28.2 Å². The van der Waals surface area contributed by atoms with Crippen molar-refractivity contribution >= 4 is 5.82 Å². The number of aromatic nitrogens is 1. The summed E-state index contributed by atoms with van der Waals surface area (Å²) in [5.74, 6) is 1.07. The number of rotatable bonds is 6. The number of nitrogens with zero attached hydrogens (tertiary/aromatic N) is 2. The van der Waals surface area contributed by atoms with Gasteiger partial charge in [0.1, 0.15) is 5.82 Å². The van der Waals surface area contributed by atoms with Crippen molar-refractivity contribution < 1.29 is 0 Å². The maximum Gasteiger partial charge on any atom is 0.130 e. The summed E-state index contributed by atoms with van der Waals surface area (Å²) < 4.78 is 0. The third kappa shape index (κ3) is 3.47. The van der Waals surface area contributed by atoms with Gasteiger partial charge in [-0.15, -0.1) is 0 Å². The molecule has 1 N–H and O–H groups in total. The van der Waals surface area contributed by atoms with E-state index in [1.165, 1.54) is 24.8 Å². The highest BCUT2D eigenvalue weighted by atomic mass is 15.2. The average Bonchev–Trinajstić information content (AvgIpc) is 2.79. The normalized spacial score (nSPS) is 23.7. The quantitative estimate of drug-likeness (QED) is 0.847. The van der Waals surface area contributed by atoms with E-state index in [1.54, 1.807) is 0 Å². The zero-order chi connectivity index (χ0) is 13.7. The van der Waals surface area contributed by atoms with Gasteiger partial charge in [-0.3, -0.25) is 4.90 Å². The van der Waals surface area contributed by atoms with Crippen molar-refractivity contribution in [2.45, 2.75) is 65.1 Å². The molecule has 3 nitrogen and oxygen atoms in total. The molecule has 0 bridgehead atoms. The Morgan fingerprint density at radius 2 is 2.21 bits per heavy atom. The maximum atomic E-state index is 4.50. The fourth-order valence-corrected chi connectivity index (χ4v) is 3.01. The average molecular weight is 261 g/mol. The van der Waals surface area contributed by atoms with Gasteiger partial charge in [0.15, 0.2) is 0 Å². The van der Waals surface area contributed by atoms with Crippen LogP contribution in [0, 0.1) is 0 Å². The monoisotopic (exact) mass is 261 g/mol. The summed E-state index contributed by atoms with van der Waals surface area (Å²) in [5.41, 5.74) is 1.34. The van der Waals surface area contributed by atoms with E-state index in [4.69, 9.17) is 0 Å². The molecular weight excluding hydrogens is 234 g/mol. The van der Waals surface area contributed by atoms with Gasteiger partial charge < -0.3 is 5.32 Å². The van der Waals surface area contributed by atoms with Crippen LogP contribution in [-0.2, 0) is 6.54 Å². The number of hydrogen-bond acceptors (Lipinski definition) is 3. The molecule has 19 heavy (non-hydrogen) atoms. The lowest BCUT2D eigenvalue weighted by Crippen LogP contribution is -2.33. The lowest BCUT2D eigenvalue weighted by molar-refractivity contribution is 0.190. The number of pyridine rings is 1. The Bertz CT molecular complexity index is 391. The number of likely N-dealkylation sites (tertiary alicyclic amines) is 1. The van der Waals surface area contributed by atoms with Gasteiger partial charge >= 0.3 is 0 Å². The highest BCUT2D eigenvalue weighted by Crippen LogP contribution is 2.29. The van der Waals surface area contributed by atoms with E-state index < -0.39 is 0 Å². The van der Waals surface area contributed by atoms with Crippen LogP contribution in [0.1, 0.15) is 52.0 Å². The summed E-state index contributed by atoms with van der Waals surface area (Å²) in [6, 6.07) is 5.70. The van der Waals surface area contributed by atoms with Crippen LogP contribution in [0.4, 0.5) is 5.82 Å². The van der Waals surface area contributed by atoms with Crippen molar-refractivity contribution in [3.63, 3.8) is 0 Å². The summed E-state index contributed by atoms with van der Waals surface area (Å²) in [7, 11) is 0. The van der Waals surface area contributed by atoms with Crippen molar-refractivity contribution in [3.8, 4) is 0 Å². The predicted octanol–water partition coefficient (Wildman–Crippen LogP) is 3.67. The summed E-state index contributed by atoms with van der Waals surface area (Å²) in [4.78, 5) is 7.14. The first-order chi connectivity index (χ1) is 9.26.